The minimum Gasteiger partial charge on any atom is -0.351 e. The van der Waals surface area contributed by atoms with Crippen molar-refractivity contribution >= 4 is 11.6 Å². The fourth-order valence-corrected chi connectivity index (χ4v) is 2.08. The van der Waals surface area contributed by atoms with Crippen LogP contribution in [0.25, 0.3) is 0 Å². The van der Waals surface area contributed by atoms with E-state index < -0.39 is 33.7 Å². The molecule has 5 nitrogen and oxygen atoms in total. The summed E-state index contributed by atoms with van der Waals surface area (Å²) in [6.07, 6.45) is 2.79. The molecule has 0 unspecified atom stereocenters. The quantitative estimate of drug-likeness (QED) is 0.667. The second-order valence-electron chi connectivity index (χ2n) is 5.05. The first-order valence-corrected chi connectivity index (χ1v) is 6.31. The van der Waals surface area contributed by atoms with Crippen molar-refractivity contribution < 1.29 is 18.5 Å². The molecule has 0 aliphatic heterocycles. The largest absolute Gasteiger partial charge is 0.351 e. The SMILES string of the molecule is CCC1(CNC(=O)c2c(F)ccc([N+](=O)[O-])c2F)CC1. The average molecular weight is 284 g/mol. The molecule has 2 rings (SSSR count). The standard InChI is InChI=1S/C13H14F2N2O3/c1-2-13(5-6-13)7-16-12(18)10-8(14)3-4-9(11(10)15)17(19)20/h3-4H,2,5-7H2,1H3,(H,16,18). The Morgan fingerprint density at radius 2 is 2.10 bits per heavy atom. The molecule has 1 N–H and O–H groups in total. The lowest BCUT2D eigenvalue weighted by Crippen LogP contribution is -2.31. The van der Waals surface area contributed by atoms with Crippen LogP contribution in [-0.2, 0) is 0 Å². The van der Waals surface area contributed by atoms with Crippen LogP contribution in [-0.4, -0.2) is 17.4 Å². The van der Waals surface area contributed by atoms with Crippen LogP contribution in [0.5, 0.6) is 0 Å². The van der Waals surface area contributed by atoms with E-state index in [1.54, 1.807) is 0 Å². The van der Waals surface area contributed by atoms with Gasteiger partial charge in [-0.15, -0.1) is 0 Å². The Bertz CT molecular complexity index is 571. The van der Waals surface area contributed by atoms with Gasteiger partial charge < -0.3 is 5.32 Å². The summed E-state index contributed by atoms with van der Waals surface area (Å²) in [5, 5.41) is 13.1. The zero-order chi connectivity index (χ0) is 14.9. The van der Waals surface area contributed by atoms with Gasteiger partial charge in [-0.25, -0.2) is 4.39 Å². The van der Waals surface area contributed by atoms with Crippen LogP contribution >= 0.6 is 0 Å². The number of benzene rings is 1. The van der Waals surface area contributed by atoms with Crippen molar-refractivity contribution in [3.63, 3.8) is 0 Å². The topological polar surface area (TPSA) is 72.2 Å². The van der Waals surface area contributed by atoms with Crippen LogP contribution in [0.4, 0.5) is 14.5 Å². The third-order valence-corrected chi connectivity index (χ3v) is 3.83. The highest BCUT2D eigenvalue weighted by molar-refractivity contribution is 5.95. The van der Waals surface area contributed by atoms with Crippen LogP contribution in [0.15, 0.2) is 12.1 Å². The third-order valence-electron chi connectivity index (χ3n) is 3.83. The molecule has 1 aromatic carbocycles. The fourth-order valence-electron chi connectivity index (χ4n) is 2.08. The number of hydrogen-bond donors (Lipinski definition) is 1. The normalized spacial score (nSPS) is 15.8. The molecule has 0 saturated heterocycles. The smallest absolute Gasteiger partial charge is 0.305 e. The highest BCUT2D eigenvalue weighted by Crippen LogP contribution is 2.47. The first-order valence-electron chi connectivity index (χ1n) is 6.31. The molecule has 1 aromatic rings. The number of nitro groups is 1. The minimum atomic E-state index is -1.44. The summed E-state index contributed by atoms with van der Waals surface area (Å²) in [5.74, 6) is -3.50. The lowest BCUT2D eigenvalue weighted by molar-refractivity contribution is -0.387. The number of amides is 1. The second kappa shape index (κ2) is 5.15. The molecular weight excluding hydrogens is 270 g/mol. The highest BCUT2D eigenvalue weighted by Gasteiger charge is 2.41. The second-order valence-corrected chi connectivity index (χ2v) is 5.05. The van der Waals surface area contributed by atoms with Gasteiger partial charge in [-0.1, -0.05) is 6.92 Å². The molecule has 1 saturated carbocycles. The van der Waals surface area contributed by atoms with E-state index in [2.05, 4.69) is 5.32 Å². The van der Waals surface area contributed by atoms with Gasteiger partial charge in [0, 0.05) is 12.6 Å². The minimum absolute atomic E-state index is 0.0172. The summed E-state index contributed by atoms with van der Waals surface area (Å²) in [7, 11) is 0. The van der Waals surface area contributed by atoms with Crippen molar-refractivity contribution in [2.24, 2.45) is 5.41 Å². The van der Waals surface area contributed by atoms with Crippen LogP contribution in [0.2, 0.25) is 0 Å². The maximum atomic E-state index is 13.8. The van der Waals surface area contributed by atoms with E-state index in [-0.39, 0.29) is 5.41 Å². The number of nitro benzene ring substituents is 1. The van der Waals surface area contributed by atoms with Gasteiger partial charge >= 0.3 is 5.69 Å². The molecule has 7 heteroatoms. The first-order chi connectivity index (χ1) is 9.40. The predicted molar refractivity (Wildman–Crippen MR) is 67.3 cm³/mol. The Kier molecular flexibility index (Phi) is 3.69. The summed E-state index contributed by atoms with van der Waals surface area (Å²) in [6.45, 7) is 2.30. The molecule has 108 valence electrons. The molecule has 1 amide bonds. The zero-order valence-corrected chi connectivity index (χ0v) is 10.9. The lowest BCUT2D eigenvalue weighted by Gasteiger charge is -2.13. The molecule has 1 aliphatic rings. The molecule has 20 heavy (non-hydrogen) atoms. The van der Waals surface area contributed by atoms with E-state index in [1.807, 2.05) is 6.92 Å². The zero-order valence-electron chi connectivity index (χ0n) is 10.9. The number of carbonyl (C=O) groups is 1. The molecule has 0 bridgehead atoms. The first kappa shape index (κ1) is 14.4. The molecule has 1 aliphatic carbocycles. The molecule has 0 heterocycles. The van der Waals surface area contributed by atoms with Crippen molar-refractivity contribution in [2.45, 2.75) is 26.2 Å². The Hall–Kier alpha value is -2.05. The fraction of sp³-hybridized carbons (Fsp3) is 0.462. The maximum absolute atomic E-state index is 13.8. The van der Waals surface area contributed by atoms with Crippen LogP contribution in [0, 0.1) is 27.2 Å². The summed E-state index contributed by atoms with van der Waals surface area (Å²) < 4.78 is 27.3. The van der Waals surface area contributed by atoms with Gasteiger partial charge in [-0.2, -0.15) is 4.39 Å². The van der Waals surface area contributed by atoms with Gasteiger partial charge in [0.1, 0.15) is 11.4 Å². The van der Waals surface area contributed by atoms with E-state index in [4.69, 9.17) is 0 Å². The van der Waals surface area contributed by atoms with Gasteiger partial charge in [0.05, 0.1) is 4.92 Å². The number of carbonyl (C=O) groups excluding carboxylic acids is 1. The van der Waals surface area contributed by atoms with Crippen LogP contribution in [0.3, 0.4) is 0 Å². The molecular formula is C13H14F2N2O3. The van der Waals surface area contributed by atoms with Gasteiger partial charge in [-0.3, -0.25) is 14.9 Å². The van der Waals surface area contributed by atoms with Crippen molar-refractivity contribution in [3.8, 4) is 0 Å². The van der Waals surface area contributed by atoms with Gasteiger partial charge in [0.15, 0.2) is 0 Å². The molecule has 0 aromatic heterocycles. The van der Waals surface area contributed by atoms with Crippen molar-refractivity contribution in [2.75, 3.05) is 6.54 Å². The lowest BCUT2D eigenvalue weighted by atomic mass is 10.0. The predicted octanol–water partition coefficient (Wildman–Crippen LogP) is 2.79. The Balaban J connectivity index is 2.21. The summed E-state index contributed by atoms with van der Waals surface area (Å²) >= 11 is 0. The summed E-state index contributed by atoms with van der Waals surface area (Å²) in [6, 6.07) is 1.43. The number of hydrogen-bond acceptors (Lipinski definition) is 3. The molecule has 0 atom stereocenters. The molecule has 0 radical (unpaired) electrons. The van der Waals surface area contributed by atoms with E-state index in [1.165, 1.54) is 0 Å². The van der Waals surface area contributed by atoms with E-state index in [0.717, 1.165) is 25.3 Å². The number of nitrogens with zero attached hydrogens (tertiary/aromatic N) is 1. The Morgan fingerprint density at radius 3 is 2.60 bits per heavy atom. The number of nitrogens with one attached hydrogen (secondary N) is 1. The van der Waals surface area contributed by atoms with Crippen molar-refractivity contribution in [3.05, 3.63) is 39.4 Å². The maximum Gasteiger partial charge on any atom is 0.305 e. The van der Waals surface area contributed by atoms with E-state index in [9.17, 15) is 23.7 Å². The third kappa shape index (κ3) is 2.61. The summed E-state index contributed by atoms with van der Waals surface area (Å²) in [4.78, 5) is 21.4. The van der Waals surface area contributed by atoms with Gasteiger partial charge in [-0.05, 0) is 30.7 Å². The van der Waals surface area contributed by atoms with E-state index >= 15 is 0 Å². The van der Waals surface area contributed by atoms with Crippen molar-refractivity contribution in [1.82, 2.24) is 5.32 Å². The molecule has 0 spiro atoms. The van der Waals surface area contributed by atoms with Gasteiger partial charge in [0.2, 0.25) is 5.82 Å². The van der Waals surface area contributed by atoms with Gasteiger partial charge in [0.25, 0.3) is 5.91 Å². The Morgan fingerprint density at radius 1 is 1.45 bits per heavy atom. The highest BCUT2D eigenvalue weighted by atomic mass is 19.1. The molecule has 1 fully saturated rings. The van der Waals surface area contributed by atoms with E-state index in [0.29, 0.717) is 12.6 Å². The average Bonchev–Trinajstić information content (AvgIpc) is 3.16. The Labute approximate surface area is 114 Å². The summed E-state index contributed by atoms with van der Waals surface area (Å²) in [5.41, 5.74) is -1.79. The number of halogens is 2. The van der Waals surface area contributed by atoms with Crippen LogP contribution < -0.4 is 5.32 Å². The van der Waals surface area contributed by atoms with Crippen LogP contribution in [0.1, 0.15) is 36.5 Å². The van der Waals surface area contributed by atoms with Crippen molar-refractivity contribution in [1.29, 1.82) is 0 Å². The monoisotopic (exact) mass is 284 g/mol. The number of rotatable bonds is 5.